The van der Waals surface area contributed by atoms with Crippen molar-refractivity contribution in [1.29, 1.82) is 0 Å². The van der Waals surface area contributed by atoms with Crippen molar-refractivity contribution in [3.05, 3.63) is 53.4 Å². The van der Waals surface area contributed by atoms with E-state index in [0.717, 1.165) is 44.8 Å². The lowest BCUT2D eigenvalue weighted by Gasteiger charge is -2.33. The molecule has 2 saturated heterocycles. The number of ether oxygens (including phenoxy) is 1. The summed E-state index contributed by atoms with van der Waals surface area (Å²) in [5.74, 6) is -1.83. The van der Waals surface area contributed by atoms with Gasteiger partial charge in [0.05, 0.1) is 30.5 Å². The van der Waals surface area contributed by atoms with Crippen LogP contribution in [0.15, 0.2) is 29.0 Å². The molecule has 3 fully saturated rings. The molecule has 3 atom stereocenters. The number of nitrogens with zero attached hydrogens (tertiary/aromatic N) is 6. The predicted molar refractivity (Wildman–Crippen MR) is 139 cm³/mol. The van der Waals surface area contributed by atoms with Gasteiger partial charge in [-0.2, -0.15) is 4.98 Å². The van der Waals surface area contributed by atoms with Crippen molar-refractivity contribution in [3.63, 3.8) is 0 Å². The lowest BCUT2D eigenvalue weighted by Crippen LogP contribution is -2.39. The number of aliphatic hydroxyl groups excluding tert-OH is 1. The number of nitrogens with two attached hydrogens (primary N) is 1. The van der Waals surface area contributed by atoms with Crippen LogP contribution >= 0.6 is 0 Å². The molecule has 2 aromatic heterocycles. The fraction of sp³-hybridized carbons (Fsp3) is 0.556. The van der Waals surface area contributed by atoms with Gasteiger partial charge in [-0.3, -0.25) is 0 Å². The minimum Gasteiger partial charge on any atom is -0.487 e. The van der Waals surface area contributed by atoms with E-state index in [1.165, 1.54) is 0 Å². The van der Waals surface area contributed by atoms with E-state index in [9.17, 15) is 18.3 Å². The van der Waals surface area contributed by atoms with Crippen LogP contribution < -0.4 is 20.3 Å². The van der Waals surface area contributed by atoms with Gasteiger partial charge in [0, 0.05) is 44.2 Å². The third-order valence-corrected chi connectivity index (χ3v) is 8.54. The Morgan fingerprint density at radius 1 is 1.07 bits per heavy atom. The van der Waals surface area contributed by atoms with Crippen molar-refractivity contribution in [2.24, 2.45) is 11.7 Å². The predicted octanol–water partition coefficient (Wildman–Crippen LogP) is 2.92. The molecule has 1 saturated carbocycles. The molecule has 3 unspecified atom stereocenters. The van der Waals surface area contributed by atoms with E-state index in [2.05, 4.69) is 25.0 Å². The molecule has 6 rings (SSSR count). The lowest BCUT2D eigenvalue weighted by atomic mass is 9.92. The van der Waals surface area contributed by atoms with Crippen molar-refractivity contribution in [3.8, 4) is 5.75 Å². The molecular weight excluding hydrogens is 527 g/mol. The quantitative estimate of drug-likeness (QED) is 0.398. The van der Waals surface area contributed by atoms with E-state index in [-0.39, 0.29) is 30.2 Å². The van der Waals surface area contributed by atoms with Gasteiger partial charge in [-0.05, 0) is 50.2 Å². The lowest BCUT2D eigenvalue weighted by molar-refractivity contribution is 0.131. The highest BCUT2D eigenvalue weighted by Crippen LogP contribution is 2.46. The van der Waals surface area contributed by atoms with Crippen LogP contribution in [-0.2, 0) is 5.41 Å². The van der Waals surface area contributed by atoms with Crippen LogP contribution in [0.2, 0.25) is 0 Å². The smallest absolute Gasteiger partial charge is 0.324 e. The zero-order chi connectivity index (χ0) is 28.0. The Morgan fingerprint density at radius 3 is 2.45 bits per heavy atom. The Hall–Kier alpha value is -3.45. The van der Waals surface area contributed by atoms with E-state index < -0.39 is 29.4 Å². The Labute approximate surface area is 229 Å². The first kappa shape index (κ1) is 26.8. The van der Waals surface area contributed by atoms with Crippen LogP contribution in [-0.4, -0.2) is 70.1 Å². The molecule has 3 aromatic rings. The van der Waals surface area contributed by atoms with Crippen LogP contribution in [0.5, 0.6) is 5.75 Å². The first-order valence-corrected chi connectivity index (χ1v) is 13.6. The molecule has 3 aliphatic rings. The number of hydrogen-bond donors (Lipinski definition) is 2. The van der Waals surface area contributed by atoms with Crippen molar-refractivity contribution in [2.75, 3.05) is 42.6 Å². The normalized spacial score (nSPS) is 23.4. The number of anilines is 2. The molecule has 0 spiro atoms. The Kier molecular flexibility index (Phi) is 7.03. The Balaban J connectivity index is 1.02. The van der Waals surface area contributed by atoms with Gasteiger partial charge in [0.15, 0.2) is 23.2 Å². The maximum absolute atomic E-state index is 14.3. The van der Waals surface area contributed by atoms with Crippen molar-refractivity contribution < 1.29 is 27.5 Å². The van der Waals surface area contributed by atoms with Crippen LogP contribution in [0.3, 0.4) is 0 Å². The fourth-order valence-corrected chi connectivity index (χ4v) is 5.71. The fourth-order valence-electron chi connectivity index (χ4n) is 5.71. The molecule has 0 bridgehead atoms. The van der Waals surface area contributed by atoms with Crippen molar-refractivity contribution >= 4 is 12.0 Å². The van der Waals surface area contributed by atoms with Gasteiger partial charge < -0.3 is 29.9 Å². The van der Waals surface area contributed by atoms with E-state index in [1.54, 1.807) is 17.3 Å². The van der Waals surface area contributed by atoms with Crippen LogP contribution in [0.4, 0.5) is 25.1 Å². The summed E-state index contributed by atoms with van der Waals surface area (Å²) in [6.45, 7) is 4.21. The molecule has 40 heavy (non-hydrogen) atoms. The minimum atomic E-state index is -1.23. The summed E-state index contributed by atoms with van der Waals surface area (Å²) in [5.41, 5.74) is 5.95. The highest BCUT2D eigenvalue weighted by atomic mass is 19.2. The first-order chi connectivity index (χ1) is 19.3. The number of hydrogen-bond acceptors (Lipinski definition) is 10. The van der Waals surface area contributed by atoms with E-state index in [1.807, 2.05) is 6.92 Å². The molecular formula is C27H32F3N7O3. The second-order valence-corrected chi connectivity index (χ2v) is 11.2. The van der Waals surface area contributed by atoms with E-state index >= 15 is 0 Å². The zero-order valence-electron chi connectivity index (χ0n) is 22.1. The summed E-state index contributed by atoms with van der Waals surface area (Å²) in [6.07, 6.45) is 6.66. The van der Waals surface area contributed by atoms with E-state index in [0.29, 0.717) is 42.1 Å². The Morgan fingerprint density at radius 2 is 1.77 bits per heavy atom. The van der Waals surface area contributed by atoms with Crippen LogP contribution in [0.25, 0.3) is 0 Å². The summed E-state index contributed by atoms with van der Waals surface area (Å²) in [4.78, 5) is 17.2. The van der Waals surface area contributed by atoms with Gasteiger partial charge in [-0.15, -0.1) is 0 Å². The molecule has 13 heteroatoms. The summed E-state index contributed by atoms with van der Waals surface area (Å²) in [7, 11) is 0. The number of rotatable bonds is 8. The largest absolute Gasteiger partial charge is 0.487 e. The third-order valence-electron chi connectivity index (χ3n) is 8.54. The number of piperidine rings is 1. The van der Waals surface area contributed by atoms with Crippen LogP contribution in [0.1, 0.15) is 49.9 Å². The summed E-state index contributed by atoms with van der Waals surface area (Å²) in [6, 6.07) is 1.44. The molecule has 214 valence electrons. The first-order valence-electron chi connectivity index (χ1n) is 13.6. The van der Waals surface area contributed by atoms with Gasteiger partial charge in [0.1, 0.15) is 5.82 Å². The third kappa shape index (κ3) is 5.07. The summed E-state index contributed by atoms with van der Waals surface area (Å²) < 4.78 is 53.1. The second kappa shape index (κ2) is 10.5. The number of aliphatic hydroxyl groups is 1. The van der Waals surface area contributed by atoms with Gasteiger partial charge in [-0.1, -0.05) is 5.16 Å². The van der Waals surface area contributed by atoms with Gasteiger partial charge in [0.25, 0.3) is 0 Å². The van der Waals surface area contributed by atoms with Gasteiger partial charge in [0.2, 0.25) is 5.95 Å². The summed E-state index contributed by atoms with van der Waals surface area (Å²) in [5, 5.41) is 13.7. The van der Waals surface area contributed by atoms with Crippen molar-refractivity contribution in [2.45, 2.75) is 56.1 Å². The standard InChI is InChI=1S/C27H32F3N7O3/c1-15(16-2-6-36(7-3-16)26-34-24(35-40-26)27(14-38)4-5-27)39-17-10-32-25(33-11-17)37-12-19(23(31)13-37)18-8-21(29)22(30)9-20(18)28/h8-11,15-16,19,23,38H,2-7,12-14,31H2,1H3. The molecule has 1 aromatic carbocycles. The molecule has 2 aliphatic heterocycles. The topological polar surface area (TPSA) is 127 Å². The monoisotopic (exact) mass is 559 g/mol. The molecule has 0 radical (unpaired) electrons. The van der Waals surface area contributed by atoms with Gasteiger partial charge >= 0.3 is 6.01 Å². The average molecular weight is 560 g/mol. The number of aromatic nitrogens is 4. The minimum absolute atomic E-state index is 0.0386. The van der Waals surface area contributed by atoms with E-state index in [4.69, 9.17) is 15.0 Å². The maximum Gasteiger partial charge on any atom is 0.324 e. The molecule has 1 aliphatic carbocycles. The molecule has 0 amide bonds. The average Bonchev–Trinajstić information content (AvgIpc) is 3.42. The highest BCUT2D eigenvalue weighted by molar-refractivity contribution is 5.39. The molecule has 10 nitrogen and oxygen atoms in total. The molecule has 3 N–H and O–H groups in total. The Bertz CT molecular complexity index is 1350. The molecule has 4 heterocycles. The van der Waals surface area contributed by atoms with Gasteiger partial charge in [-0.25, -0.2) is 23.1 Å². The second-order valence-electron chi connectivity index (χ2n) is 11.2. The summed E-state index contributed by atoms with van der Waals surface area (Å²) >= 11 is 0. The maximum atomic E-state index is 14.3. The number of halogens is 3. The SMILES string of the molecule is CC(Oc1cnc(N2CC(N)C(c3cc(F)c(F)cc3F)C2)nc1)C1CCN(c2nc(C3(CO)CC3)no2)CC1. The zero-order valence-corrected chi connectivity index (χ0v) is 22.1. The van der Waals surface area contributed by atoms with Crippen LogP contribution in [0, 0.1) is 23.4 Å². The highest BCUT2D eigenvalue weighted by Gasteiger charge is 2.48. The van der Waals surface area contributed by atoms with Crippen molar-refractivity contribution in [1.82, 2.24) is 20.1 Å². The number of benzene rings is 1.